The first-order valence-corrected chi connectivity index (χ1v) is 7.77. The lowest BCUT2D eigenvalue weighted by atomic mass is 9.90. The summed E-state index contributed by atoms with van der Waals surface area (Å²) in [5, 5.41) is 3.10. The van der Waals surface area contributed by atoms with E-state index < -0.39 is 0 Å². The van der Waals surface area contributed by atoms with Crippen LogP contribution in [0, 0.1) is 0 Å². The molecule has 0 saturated heterocycles. The number of nitrogens with zero attached hydrogens (tertiary/aromatic N) is 3. The number of benzene rings is 1. The van der Waals surface area contributed by atoms with Crippen LogP contribution in [0.4, 0.5) is 0 Å². The van der Waals surface area contributed by atoms with Crippen LogP contribution in [0.2, 0.25) is 0 Å². The van der Waals surface area contributed by atoms with Gasteiger partial charge >= 0.3 is 0 Å². The van der Waals surface area contributed by atoms with Crippen LogP contribution in [0.1, 0.15) is 37.7 Å². The van der Waals surface area contributed by atoms with Gasteiger partial charge in [0.15, 0.2) is 0 Å². The molecule has 1 fully saturated rings. The van der Waals surface area contributed by atoms with Crippen LogP contribution in [-0.4, -0.2) is 26.8 Å². The van der Waals surface area contributed by atoms with Gasteiger partial charge in [-0.05, 0) is 37.8 Å². The van der Waals surface area contributed by atoms with Gasteiger partial charge in [-0.25, -0.2) is 4.98 Å². The maximum absolute atomic E-state index is 12.3. The molecule has 1 saturated carbocycles. The number of carbonyl (C=O) groups excluding carboxylic acids is 1. The topological polar surface area (TPSA) is 59.3 Å². The van der Waals surface area contributed by atoms with Crippen molar-refractivity contribution in [2.45, 2.75) is 37.8 Å². The van der Waals surface area contributed by atoms with E-state index in [1.165, 1.54) is 6.42 Å². The van der Waals surface area contributed by atoms with Crippen LogP contribution in [0.25, 0.3) is 5.69 Å². The Morgan fingerprint density at radius 2 is 1.86 bits per heavy atom. The highest BCUT2D eigenvalue weighted by molar-refractivity contribution is 6.46. The summed E-state index contributed by atoms with van der Waals surface area (Å²) >= 11 is 0. The number of aromatic nitrogens is 2. The third-order valence-corrected chi connectivity index (χ3v) is 4.51. The van der Waals surface area contributed by atoms with Crippen molar-refractivity contribution in [1.29, 1.82) is 0 Å². The Hall–Kier alpha value is -2.43. The SMILES string of the molecule is O=C1NC2(CCCCC2)N=C1c1ccc(-n2ccnc2)cc1. The van der Waals surface area contributed by atoms with Crippen LogP contribution < -0.4 is 5.32 Å². The van der Waals surface area contributed by atoms with E-state index in [-0.39, 0.29) is 11.6 Å². The van der Waals surface area contributed by atoms with Crippen molar-refractivity contribution in [2.24, 2.45) is 4.99 Å². The highest BCUT2D eigenvalue weighted by Crippen LogP contribution is 2.33. The van der Waals surface area contributed by atoms with Crippen molar-refractivity contribution in [2.75, 3.05) is 0 Å². The van der Waals surface area contributed by atoms with E-state index in [2.05, 4.69) is 10.3 Å². The van der Waals surface area contributed by atoms with Crippen molar-refractivity contribution in [1.82, 2.24) is 14.9 Å². The fourth-order valence-corrected chi connectivity index (χ4v) is 3.34. The van der Waals surface area contributed by atoms with E-state index in [4.69, 9.17) is 4.99 Å². The second kappa shape index (κ2) is 5.09. The van der Waals surface area contributed by atoms with Crippen LogP contribution in [0.3, 0.4) is 0 Å². The fourth-order valence-electron chi connectivity index (χ4n) is 3.34. The molecule has 22 heavy (non-hydrogen) atoms. The smallest absolute Gasteiger partial charge is 0.272 e. The molecule has 112 valence electrons. The summed E-state index contributed by atoms with van der Waals surface area (Å²) in [6, 6.07) is 7.88. The largest absolute Gasteiger partial charge is 0.326 e. The van der Waals surface area contributed by atoms with Crippen LogP contribution >= 0.6 is 0 Å². The molecule has 5 nitrogen and oxygen atoms in total. The van der Waals surface area contributed by atoms with Crippen molar-refractivity contribution in [3.8, 4) is 5.69 Å². The van der Waals surface area contributed by atoms with Crippen molar-refractivity contribution < 1.29 is 4.79 Å². The molecule has 1 aliphatic carbocycles. The lowest BCUT2D eigenvalue weighted by Crippen LogP contribution is -2.43. The van der Waals surface area contributed by atoms with E-state index in [0.717, 1.165) is 36.9 Å². The average molecular weight is 294 g/mol. The normalized spacial score (nSPS) is 20.0. The zero-order valence-corrected chi connectivity index (χ0v) is 12.3. The fraction of sp³-hybridized carbons (Fsp3) is 0.353. The molecule has 1 spiro atoms. The number of rotatable bonds is 2. The maximum atomic E-state index is 12.3. The number of hydrogen-bond acceptors (Lipinski definition) is 3. The van der Waals surface area contributed by atoms with Gasteiger partial charge in [-0.3, -0.25) is 9.79 Å². The monoisotopic (exact) mass is 294 g/mol. The molecule has 2 heterocycles. The first-order valence-electron chi connectivity index (χ1n) is 7.77. The average Bonchev–Trinajstić information content (AvgIpc) is 3.17. The molecule has 5 heteroatoms. The van der Waals surface area contributed by atoms with Gasteiger partial charge in [0.05, 0.1) is 6.33 Å². The predicted molar refractivity (Wildman–Crippen MR) is 84.1 cm³/mol. The highest BCUT2D eigenvalue weighted by Gasteiger charge is 2.40. The summed E-state index contributed by atoms with van der Waals surface area (Å²) < 4.78 is 1.93. The van der Waals surface area contributed by atoms with Crippen LogP contribution in [0.5, 0.6) is 0 Å². The lowest BCUT2D eigenvalue weighted by molar-refractivity contribution is -0.115. The standard InChI is InChI=1S/C17H18N4O/c22-16-15(19-17(20-16)8-2-1-3-9-17)13-4-6-14(7-5-13)21-11-10-18-12-21/h4-7,10-12H,1-3,8-9H2,(H,20,22). The predicted octanol–water partition coefficient (Wildman–Crippen LogP) is 2.45. The second-order valence-corrected chi connectivity index (χ2v) is 6.02. The van der Waals surface area contributed by atoms with Gasteiger partial charge in [0, 0.05) is 23.6 Å². The summed E-state index contributed by atoms with van der Waals surface area (Å²) in [4.78, 5) is 21.1. The Balaban J connectivity index is 1.64. The molecule has 0 bridgehead atoms. The van der Waals surface area contributed by atoms with E-state index >= 15 is 0 Å². The van der Waals surface area contributed by atoms with Crippen LogP contribution in [-0.2, 0) is 4.79 Å². The Kier molecular flexibility index (Phi) is 3.06. The molecule has 1 amide bonds. The quantitative estimate of drug-likeness (QED) is 0.925. The zero-order chi connectivity index (χ0) is 15.0. The van der Waals surface area contributed by atoms with Crippen molar-refractivity contribution in [3.63, 3.8) is 0 Å². The van der Waals surface area contributed by atoms with E-state index in [9.17, 15) is 4.79 Å². The minimum Gasteiger partial charge on any atom is -0.326 e. The van der Waals surface area contributed by atoms with E-state index in [1.807, 2.05) is 35.0 Å². The Morgan fingerprint density at radius 1 is 1.09 bits per heavy atom. The summed E-state index contributed by atoms with van der Waals surface area (Å²) in [5.74, 6) is -0.0442. The van der Waals surface area contributed by atoms with Gasteiger partial charge in [0.1, 0.15) is 11.4 Å². The number of imidazole rings is 1. The lowest BCUT2D eigenvalue weighted by Gasteiger charge is -2.30. The number of aliphatic imine (C=N–C) groups is 1. The minimum atomic E-state index is -0.340. The molecule has 1 aliphatic heterocycles. The molecule has 0 radical (unpaired) electrons. The number of carbonyl (C=O) groups is 1. The molecular weight excluding hydrogens is 276 g/mol. The summed E-state index contributed by atoms with van der Waals surface area (Å²) in [5.41, 5.74) is 2.13. The molecule has 1 aromatic heterocycles. The molecule has 2 aliphatic rings. The maximum Gasteiger partial charge on any atom is 0.272 e. The Bertz CT molecular complexity index is 710. The van der Waals surface area contributed by atoms with Crippen molar-refractivity contribution >= 4 is 11.6 Å². The first kappa shape index (κ1) is 13.2. The molecule has 1 aromatic carbocycles. The third-order valence-electron chi connectivity index (χ3n) is 4.51. The third kappa shape index (κ3) is 2.22. The molecule has 2 aromatic rings. The molecule has 0 atom stereocenters. The van der Waals surface area contributed by atoms with E-state index in [0.29, 0.717) is 5.71 Å². The summed E-state index contributed by atoms with van der Waals surface area (Å²) in [6.45, 7) is 0. The molecule has 0 unspecified atom stereocenters. The zero-order valence-electron chi connectivity index (χ0n) is 12.3. The highest BCUT2D eigenvalue weighted by atomic mass is 16.2. The van der Waals surface area contributed by atoms with Gasteiger partial charge in [-0.2, -0.15) is 0 Å². The first-order chi connectivity index (χ1) is 10.8. The Morgan fingerprint density at radius 3 is 2.55 bits per heavy atom. The van der Waals surface area contributed by atoms with Gasteiger partial charge in [0.25, 0.3) is 5.91 Å². The van der Waals surface area contributed by atoms with Gasteiger partial charge in [-0.1, -0.05) is 18.6 Å². The van der Waals surface area contributed by atoms with Crippen molar-refractivity contribution in [3.05, 3.63) is 48.5 Å². The summed E-state index contributed by atoms with van der Waals surface area (Å²) in [7, 11) is 0. The Labute approximate surface area is 129 Å². The number of amides is 1. The summed E-state index contributed by atoms with van der Waals surface area (Å²) in [6.07, 6.45) is 10.8. The molecular formula is C17H18N4O. The van der Waals surface area contributed by atoms with Gasteiger partial charge in [-0.15, -0.1) is 0 Å². The number of nitrogens with one attached hydrogen (secondary N) is 1. The molecule has 4 rings (SSSR count). The van der Waals surface area contributed by atoms with Crippen LogP contribution in [0.15, 0.2) is 48.0 Å². The minimum absolute atomic E-state index is 0.0442. The molecule has 1 N–H and O–H groups in total. The number of hydrogen-bond donors (Lipinski definition) is 1. The van der Waals surface area contributed by atoms with Gasteiger partial charge < -0.3 is 9.88 Å². The van der Waals surface area contributed by atoms with Gasteiger partial charge in [0.2, 0.25) is 0 Å². The second-order valence-electron chi connectivity index (χ2n) is 6.02. The van der Waals surface area contributed by atoms with E-state index in [1.54, 1.807) is 12.5 Å².